The number of hydrogen-bond acceptors (Lipinski definition) is 3. The van der Waals surface area contributed by atoms with Crippen molar-refractivity contribution in [1.82, 2.24) is 4.90 Å². The van der Waals surface area contributed by atoms with Crippen molar-refractivity contribution in [2.24, 2.45) is 5.92 Å². The van der Waals surface area contributed by atoms with E-state index >= 15 is 0 Å². The molecule has 1 aliphatic rings. The van der Waals surface area contributed by atoms with Crippen LogP contribution in [0.1, 0.15) is 33.6 Å². The van der Waals surface area contributed by atoms with Crippen molar-refractivity contribution in [1.29, 1.82) is 0 Å². The summed E-state index contributed by atoms with van der Waals surface area (Å²) in [6.45, 7) is 8.10. The van der Waals surface area contributed by atoms with Crippen molar-refractivity contribution < 1.29 is 8.42 Å². The molecule has 1 aliphatic heterocycles. The predicted octanol–water partition coefficient (Wildman–Crippen LogP) is 2.31. The Morgan fingerprint density at radius 1 is 1.24 bits per heavy atom. The Balaban J connectivity index is 2.38. The van der Waals surface area contributed by atoms with Gasteiger partial charge in [0.15, 0.2) is 9.84 Å². The summed E-state index contributed by atoms with van der Waals surface area (Å²) in [7, 11) is -2.97. The average molecular weight is 326 g/mol. The van der Waals surface area contributed by atoms with E-state index in [9.17, 15) is 8.42 Å². The molecule has 102 valence electrons. The molecule has 0 aliphatic carbocycles. The summed E-state index contributed by atoms with van der Waals surface area (Å²) in [4.78, 5) is 2.28. The van der Waals surface area contributed by atoms with Crippen LogP contribution < -0.4 is 0 Å². The van der Waals surface area contributed by atoms with E-state index in [1.165, 1.54) is 12.8 Å². The summed E-state index contributed by atoms with van der Waals surface area (Å²) in [5, 5.41) is 1.07. The fourth-order valence-electron chi connectivity index (χ4n) is 1.92. The Hall–Kier alpha value is 0.390. The van der Waals surface area contributed by atoms with E-state index in [-0.39, 0.29) is 5.75 Å². The molecule has 0 saturated carbocycles. The van der Waals surface area contributed by atoms with E-state index in [0.29, 0.717) is 6.54 Å². The lowest BCUT2D eigenvalue weighted by Gasteiger charge is -2.31. The second kappa shape index (κ2) is 6.02. The fourth-order valence-corrected chi connectivity index (χ4v) is 3.68. The van der Waals surface area contributed by atoms with Gasteiger partial charge in [-0.25, -0.2) is 8.42 Å². The van der Waals surface area contributed by atoms with Gasteiger partial charge in [0.2, 0.25) is 0 Å². The van der Waals surface area contributed by atoms with Crippen LogP contribution in [0.5, 0.6) is 0 Å². The monoisotopic (exact) mass is 325 g/mol. The Morgan fingerprint density at radius 3 is 2.18 bits per heavy atom. The highest BCUT2D eigenvalue weighted by atomic mass is 79.9. The third-order valence-corrected chi connectivity index (χ3v) is 7.04. The molecule has 0 atom stereocenters. The molecule has 1 heterocycles. The van der Waals surface area contributed by atoms with Gasteiger partial charge in [0.05, 0.1) is 10.5 Å². The average Bonchev–Trinajstić information content (AvgIpc) is 2.25. The number of hydrogen-bond donors (Lipinski definition) is 0. The lowest BCUT2D eigenvalue weighted by atomic mass is 9.99. The second-order valence-corrected chi connectivity index (χ2v) is 9.38. The quantitative estimate of drug-likeness (QED) is 0.744. The summed E-state index contributed by atoms with van der Waals surface area (Å²) in [5.41, 5.74) is 0. The maximum Gasteiger partial charge on any atom is 0.156 e. The molecule has 0 aromatic rings. The first-order valence-electron chi connectivity index (χ1n) is 6.27. The molecule has 3 nitrogen and oxygen atoms in total. The maximum absolute atomic E-state index is 12.0. The molecule has 0 unspecified atom stereocenters. The Bertz CT molecular complexity index is 327. The van der Waals surface area contributed by atoms with E-state index in [0.717, 1.165) is 24.3 Å². The lowest BCUT2D eigenvalue weighted by molar-refractivity contribution is 0.204. The summed E-state index contributed by atoms with van der Waals surface area (Å²) >= 11 is 3.51. The highest BCUT2D eigenvalue weighted by Gasteiger charge is 2.29. The standard InChI is InChI=1S/C12H24BrNO2S/c1-12(2,3)17(15,16)9-8-14-6-4-11(10-13)5-7-14/h11H,4-10H2,1-3H3. The minimum absolute atomic E-state index is 0.287. The zero-order valence-corrected chi connectivity index (χ0v) is 13.5. The predicted molar refractivity (Wildman–Crippen MR) is 76.5 cm³/mol. The van der Waals surface area contributed by atoms with Crippen LogP contribution in [0, 0.1) is 5.92 Å². The third kappa shape index (κ3) is 4.52. The smallest absolute Gasteiger partial charge is 0.156 e. The molecule has 0 N–H and O–H groups in total. The van der Waals surface area contributed by atoms with Crippen molar-refractivity contribution >= 4 is 25.8 Å². The van der Waals surface area contributed by atoms with Gasteiger partial charge in [0, 0.05) is 11.9 Å². The van der Waals surface area contributed by atoms with Crippen LogP contribution in [-0.4, -0.2) is 48.8 Å². The molecule has 0 amide bonds. The molecule has 1 saturated heterocycles. The second-order valence-electron chi connectivity index (χ2n) is 5.87. The molecular weight excluding hydrogens is 302 g/mol. The summed E-state index contributed by atoms with van der Waals surface area (Å²) in [6.07, 6.45) is 2.36. The van der Waals surface area contributed by atoms with Gasteiger partial charge in [0.1, 0.15) is 0 Å². The van der Waals surface area contributed by atoms with Crippen LogP contribution in [-0.2, 0) is 9.84 Å². The topological polar surface area (TPSA) is 37.4 Å². The van der Waals surface area contributed by atoms with Crippen LogP contribution in [0.25, 0.3) is 0 Å². The molecule has 1 rings (SSSR count). The molecule has 0 aromatic carbocycles. The third-order valence-electron chi connectivity index (χ3n) is 3.53. The first kappa shape index (κ1) is 15.4. The zero-order chi connectivity index (χ0) is 13.1. The Morgan fingerprint density at radius 2 is 1.76 bits per heavy atom. The van der Waals surface area contributed by atoms with E-state index in [1.807, 2.05) is 0 Å². The van der Waals surface area contributed by atoms with E-state index in [4.69, 9.17) is 0 Å². The van der Waals surface area contributed by atoms with Crippen LogP contribution in [0.15, 0.2) is 0 Å². The first-order chi connectivity index (χ1) is 7.76. The van der Waals surface area contributed by atoms with Crippen LogP contribution >= 0.6 is 15.9 Å². The Labute approximate surface area is 114 Å². The Kier molecular flexibility index (Phi) is 5.47. The molecule has 5 heteroatoms. The molecule has 17 heavy (non-hydrogen) atoms. The largest absolute Gasteiger partial charge is 0.302 e. The SMILES string of the molecule is CC(C)(C)S(=O)(=O)CCN1CCC(CBr)CC1. The van der Waals surface area contributed by atoms with Crippen molar-refractivity contribution in [3.8, 4) is 0 Å². The maximum atomic E-state index is 12.0. The number of sulfone groups is 1. The minimum Gasteiger partial charge on any atom is -0.302 e. The van der Waals surface area contributed by atoms with Gasteiger partial charge in [-0.15, -0.1) is 0 Å². The summed E-state index contributed by atoms with van der Waals surface area (Å²) in [6, 6.07) is 0. The van der Waals surface area contributed by atoms with Gasteiger partial charge < -0.3 is 4.90 Å². The molecule has 0 spiro atoms. The summed E-state index contributed by atoms with van der Waals surface area (Å²) < 4.78 is 23.3. The number of piperidine rings is 1. The highest BCUT2D eigenvalue weighted by Crippen LogP contribution is 2.20. The van der Waals surface area contributed by atoms with Gasteiger partial charge in [-0.2, -0.15) is 0 Å². The van der Waals surface area contributed by atoms with E-state index in [2.05, 4.69) is 20.8 Å². The van der Waals surface area contributed by atoms with E-state index in [1.54, 1.807) is 20.8 Å². The number of rotatable bonds is 4. The zero-order valence-electron chi connectivity index (χ0n) is 11.1. The van der Waals surface area contributed by atoms with Gasteiger partial charge in [0.25, 0.3) is 0 Å². The lowest BCUT2D eigenvalue weighted by Crippen LogP contribution is -2.40. The van der Waals surface area contributed by atoms with Crippen LogP contribution in [0.4, 0.5) is 0 Å². The van der Waals surface area contributed by atoms with Crippen molar-refractivity contribution in [3.05, 3.63) is 0 Å². The molecule has 0 aromatic heterocycles. The molecule has 0 radical (unpaired) electrons. The number of alkyl halides is 1. The fraction of sp³-hybridized carbons (Fsp3) is 1.00. The van der Waals surface area contributed by atoms with Gasteiger partial charge in [-0.3, -0.25) is 0 Å². The minimum atomic E-state index is -2.97. The number of likely N-dealkylation sites (tertiary alicyclic amines) is 1. The number of halogens is 1. The highest BCUT2D eigenvalue weighted by molar-refractivity contribution is 9.09. The van der Waals surface area contributed by atoms with Crippen LogP contribution in [0.3, 0.4) is 0 Å². The normalized spacial score (nSPS) is 20.7. The van der Waals surface area contributed by atoms with Crippen LogP contribution in [0.2, 0.25) is 0 Å². The molecule has 1 fully saturated rings. The van der Waals surface area contributed by atoms with Crippen molar-refractivity contribution in [2.45, 2.75) is 38.4 Å². The first-order valence-corrected chi connectivity index (χ1v) is 9.04. The molecule has 0 bridgehead atoms. The van der Waals surface area contributed by atoms with Crippen molar-refractivity contribution in [2.75, 3.05) is 30.7 Å². The van der Waals surface area contributed by atoms with Crippen molar-refractivity contribution in [3.63, 3.8) is 0 Å². The molecular formula is C12H24BrNO2S. The van der Waals surface area contributed by atoms with Gasteiger partial charge >= 0.3 is 0 Å². The number of nitrogens with zero attached hydrogens (tertiary/aromatic N) is 1. The van der Waals surface area contributed by atoms with Gasteiger partial charge in [-0.1, -0.05) is 15.9 Å². The van der Waals surface area contributed by atoms with Gasteiger partial charge in [-0.05, 0) is 52.6 Å². The van der Waals surface area contributed by atoms with E-state index < -0.39 is 14.6 Å². The summed E-state index contributed by atoms with van der Waals surface area (Å²) in [5.74, 6) is 1.06.